The third kappa shape index (κ3) is 3.25. The van der Waals surface area contributed by atoms with Gasteiger partial charge in [-0.05, 0) is 42.3 Å². The van der Waals surface area contributed by atoms with Gasteiger partial charge in [-0.3, -0.25) is 4.79 Å². The Bertz CT molecular complexity index is 753. The second-order valence-corrected chi connectivity index (χ2v) is 5.94. The van der Waals surface area contributed by atoms with E-state index in [1.54, 1.807) is 17.0 Å². The summed E-state index contributed by atoms with van der Waals surface area (Å²) < 4.78 is 5.17. The molecule has 0 aliphatic carbocycles. The predicted molar refractivity (Wildman–Crippen MR) is 93.6 cm³/mol. The number of carbonyl (C=O) groups is 2. The summed E-state index contributed by atoms with van der Waals surface area (Å²) in [5, 5.41) is 0. The molecule has 0 aromatic heterocycles. The average molecular weight is 324 g/mol. The second kappa shape index (κ2) is 6.74. The molecule has 0 N–H and O–H groups in total. The Morgan fingerprint density at radius 2 is 1.79 bits per heavy atom. The molecule has 5 nitrogen and oxygen atoms in total. The van der Waals surface area contributed by atoms with Crippen LogP contribution in [0.4, 0.5) is 11.4 Å². The number of carbonyl (C=O) groups excluding carboxylic acids is 2. The zero-order valence-electron chi connectivity index (χ0n) is 13.9. The van der Waals surface area contributed by atoms with Gasteiger partial charge >= 0.3 is 5.97 Å². The standard InChI is InChI=1S/C19H20N2O3/c1-20(2)16-9-7-15(8-10-16)19(23)24-13-18(22)21-12-11-14-5-3-4-6-17(14)21/h3-10H,11-13H2,1-2H3. The molecule has 0 saturated carbocycles. The minimum atomic E-state index is -0.485. The Balaban J connectivity index is 1.59. The SMILES string of the molecule is CN(C)c1ccc(C(=O)OCC(=O)N2CCc3ccccc32)cc1. The molecule has 24 heavy (non-hydrogen) atoms. The number of esters is 1. The first-order valence-electron chi connectivity index (χ1n) is 7.89. The summed E-state index contributed by atoms with van der Waals surface area (Å²) in [5.74, 6) is -0.681. The van der Waals surface area contributed by atoms with E-state index in [0.717, 1.165) is 23.4 Å². The van der Waals surface area contributed by atoms with Crippen LogP contribution in [0, 0.1) is 0 Å². The monoisotopic (exact) mass is 324 g/mol. The largest absolute Gasteiger partial charge is 0.452 e. The van der Waals surface area contributed by atoms with E-state index < -0.39 is 5.97 Å². The lowest BCUT2D eigenvalue weighted by Gasteiger charge is -2.17. The predicted octanol–water partition coefficient (Wildman–Crippen LogP) is 2.50. The maximum Gasteiger partial charge on any atom is 0.338 e. The molecule has 5 heteroatoms. The van der Waals surface area contributed by atoms with Gasteiger partial charge in [0.05, 0.1) is 5.56 Å². The van der Waals surface area contributed by atoms with Gasteiger partial charge in [0.1, 0.15) is 0 Å². The highest BCUT2D eigenvalue weighted by molar-refractivity contribution is 5.98. The van der Waals surface area contributed by atoms with E-state index in [2.05, 4.69) is 0 Å². The van der Waals surface area contributed by atoms with E-state index >= 15 is 0 Å². The van der Waals surface area contributed by atoms with Gasteiger partial charge in [0.25, 0.3) is 5.91 Å². The average Bonchev–Trinajstić information content (AvgIpc) is 3.03. The lowest BCUT2D eigenvalue weighted by molar-refractivity contribution is -0.121. The van der Waals surface area contributed by atoms with Gasteiger partial charge in [0.2, 0.25) is 0 Å². The molecule has 1 amide bonds. The second-order valence-electron chi connectivity index (χ2n) is 5.94. The molecule has 0 saturated heterocycles. The molecule has 1 aliphatic heterocycles. The van der Waals surface area contributed by atoms with Gasteiger partial charge in [0, 0.05) is 32.0 Å². The van der Waals surface area contributed by atoms with Gasteiger partial charge in [-0.15, -0.1) is 0 Å². The number of ether oxygens (including phenoxy) is 1. The fraction of sp³-hybridized carbons (Fsp3) is 0.263. The van der Waals surface area contributed by atoms with Crippen LogP contribution in [0.25, 0.3) is 0 Å². The number of fused-ring (bicyclic) bond motifs is 1. The third-order valence-corrected chi connectivity index (χ3v) is 4.13. The lowest BCUT2D eigenvalue weighted by Crippen LogP contribution is -2.33. The van der Waals surface area contributed by atoms with Crippen molar-refractivity contribution in [3.63, 3.8) is 0 Å². The summed E-state index contributed by atoms with van der Waals surface area (Å²) in [6, 6.07) is 14.9. The molecular formula is C19H20N2O3. The van der Waals surface area contributed by atoms with Crippen molar-refractivity contribution in [3.8, 4) is 0 Å². The van der Waals surface area contributed by atoms with Crippen molar-refractivity contribution >= 4 is 23.3 Å². The maximum atomic E-state index is 12.3. The molecule has 0 radical (unpaired) electrons. The summed E-state index contributed by atoms with van der Waals surface area (Å²) in [7, 11) is 3.86. The number of benzene rings is 2. The highest BCUT2D eigenvalue weighted by Gasteiger charge is 2.24. The zero-order valence-corrected chi connectivity index (χ0v) is 13.9. The van der Waals surface area contributed by atoms with Crippen LogP contribution in [0.1, 0.15) is 15.9 Å². The molecule has 0 unspecified atom stereocenters. The molecule has 0 fully saturated rings. The van der Waals surface area contributed by atoms with Gasteiger partial charge in [0.15, 0.2) is 6.61 Å². The van der Waals surface area contributed by atoms with E-state index in [4.69, 9.17) is 4.74 Å². The maximum absolute atomic E-state index is 12.3. The summed E-state index contributed by atoms with van der Waals surface area (Å²) in [5.41, 5.74) is 3.50. The van der Waals surface area contributed by atoms with Crippen LogP contribution >= 0.6 is 0 Å². The quantitative estimate of drug-likeness (QED) is 0.811. The van der Waals surface area contributed by atoms with E-state index in [9.17, 15) is 9.59 Å². The van der Waals surface area contributed by atoms with Gasteiger partial charge < -0.3 is 14.5 Å². The molecule has 124 valence electrons. The van der Waals surface area contributed by atoms with Crippen molar-refractivity contribution in [2.75, 3.05) is 37.0 Å². The molecule has 2 aromatic rings. The fourth-order valence-corrected chi connectivity index (χ4v) is 2.78. The van der Waals surface area contributed by atoms with Crippen LogP contribution in [0.3, 0.4) is 0 Å². The first-order chi connectivity index (χ1) is 11.6. The normalized spacial score (nSPS) is 12.7. The van der Waals surface area contributed by atoms with Crippen LogP contribution < -0.4 is 9.80 Å². The summed E-state index contributed by atoms with van der Waals surface area (Å²) in [6.07, 6.45) is 0.835. The van der Waals surface area contributed by atoms with E-state index in [-0.39, 0.29) is 12.5 Å². The van der Waals surface area contributed by atoms with E-state index in [1.165, 1.54) is 0 Å². The smallest absolute Gasteiger partial charge is 0.338 e. The van der Waals surface area contributed by atoms with Gasteiger partial charge in [-0.1, -0.05) is 18.2 Å². The van der Waals surface area contributed by atoms with Crippen molar-refractivity contribution in [2.45, 2.75) is 6.42 Å². The number of rotatable bonds is 4. The van der Waals surface area contributed by atoms with E-state index in [0.29, 0.717) is 12.1 Å². The van der Waals surface area contributed by atoms with Crippen molar-refractivity contribution in [1.29, 1.82) is 0 Å². The number of anilines is 2. The minimum absolute atomic E-state index is 0.196. The van der Waals surface area contributed by atoms with Crippen molar-refractivity contribution < 1.29 is 14.3 Å². The minimum Gasteiger partial charge on any atom is -0.452 e. The van der Waals surface area contributed by atoms with Crippen molar-refractivity contribution in [3.05, 3.63) is 59.7 Å². The first kappa shape index (κ1) is 16.1. The number of nitrogens with zero attached hydrogens (tertiary/aromatic N) is 2. The zero-order chi connectivity index (χ0) is 17.1. The van der Waals surface area contributed by atoms with E-state index in [1.807, 2.05) is 55.4 Å². The highest BCUT2D eigenvalue weighted by Crippen LogP contribution is 2.27. The molecule has 0 bridgehead atoms. The Labute approximate surface area is 141 Å². The Hall–Kier alpha value is -2.82. The molecular weight excluding hydrogens is 304 g/mol. The number of hydrogen-bond donors (Lipinski definition) is 0. The summed E-state index contributed by atoms with van der Waals surface area (Å²) in [4.78, 5) is 28.0. The van der Waals surface area contributed by atoms with Crippen LogP contribution in [-0.2, 0) is 16.0 Å². The van der Waals surface area contributed by atoms with Crippen molar-refractivity contribution in [2.24, 2.45) is 0 Å². The molecule has 0 atom stereocenters. The Kier molecular flexibility index (Phi) is 4.51. The highest BCUT2D eigenvalue weighted by atomic mass is 16.5. The molecule has 0 spiro atoms. The molecule has 2 aromatic carbocycles. The topological polar surface area (TPSA) is 49.9 Å². The number of para-hydroxylation sites is 1. The lowest BCUT2D eigenvalue weighted by atomic mass is 10.2. The number of amides is 1. The third-order valence-electron chi connectivity index (χ3n) is 4.13. The molecule has 3 rings (SSSR count). The molecule has 1 aliphatic rings. The molecule has 1 heterocycles. The first-order valence-corrected chi connectivity index (χ1v) is 7.89. The summed E-state index contributed by atoms with van der Waals surface area (Å²) >= 11 is 0. The Morgan fingerprint density at radius 3 is 2.50 bits per heavy atom. The van der Waals surface area contributed by atoms with Crippen LogP contribution in [0.5, 0.6) is 0 Å². The van der Waals surface area contributed by atoms with Gasteiger partial charge in [-0.25, -0.2) is 4.79 Å². The van der Waals surface area contributed by atoms with Crippen LogP contribution in [-0.4, -0.2) is 39.1 Å². The van der Waals surface area contributed by atoms with Crippen molar-refractivity contribution in [1.82, 2.24) is 0 Å². The summed E-state index contributed by atoms with van der Waals surface area (Å²) in [6.45, 7) is 0.385. The van der Waals surface area contributed by atoms with Crippen LogP contribution in [0.15, 0.2) is 48.5 Å². The van der Waals surface area contributed by atoms with Crippen LogP contribution in [0.2, 0.25) is 0 Å². The number of hydrogen-bond acceptors (Lipinski definition) is 4. The Morgan fingerprint density at radius 1 is 1.08 bits per heavy atom. The fourth-order valence-electron chi connectivity index (χ4n) is 2.78. The van der Waals surface area contributed by atoms with Gasteiger partial charge in [-0.2, -0.15) is 0 Å².